The molecule has 0 bridgehead atoms. The number of rotatable bonds is 4. The summed E-state index contributed by atoms with van der Waals surface area (Å²) in [6.45, 7) is 37.7. The lowest BCUT2D eigenvalue weighted by Gasteiger charge is -2.44. The SMILES string of the molecule is CCC(C)(C)c1ccc2sc3c(c2c1)N(c1ccc(C(C)(C)C)cc1)c1cc(C(C)(C)C)nc2c1B3c1ccc(C(C)(C)C)cc1N2c1ccc2c(c1)C(C)(C)CC2(C)C. The topological polar surface area (TPSA) is 19.4 Å². The van der Waals surface area contributed by atoms with Gasteiger partial charge in [-0.15, -0.1) is 11.3 Å². The fourth-order valence-electron chi connectivity index (χ4n) is 10.6. The lowest BCUT2D eigenvalue weighted by molar-refractivity contribution is 0.403. The van der Waals surface area contributed by atoms with Crippen molar-refractivity contribution < 1.29 is 0 Å². The molecule has 1 aliphatic carbocycles. The van der Waals surface area contributed by atoms with Gasteiger partial charge in [-0.25, -0.2) is 4.98 Å². The molecule has 4 aromatic carbocycles. The van der Waals surface area contributed by atoms with Gasteiger partial charge in [0.25, 0.3) is 6.71 Å². The first kappa shape index (κ1) is 41.0. The highest BCUT2D eigenvalue weighted by Gasteiger charge is 2.48. The van der Waals surface area contributed by atoms with E-state index < -0.39 is 0 Å². The number of aromatic nitrogens is 1. The van der Waals surface area contributed by atoms with Crippen LogP contribution in [0.25, 0.3) is 10.1 Å². The Morgan fingerprint density at radius 1 is 0.617 bits per heavy atom. The van der Waals surface area contributed by atoms with E-state index in [0.29, 0.717) is 0 Å². The average Bonchev–Trinajstić information content (AvgIpc) is 3.62. The fraction of sp³-hybridized carbons (Fsp3) is 0.436. The molecule has 2 aliphatic heterocycles. The third kappa shape index (κ3) is 6.30. The number of hydrogen-bond acceptors (Lipinski definition) is 4. The van der Waals surface area contributed by atoms with E-state index in [0.717, 1.165) is 24.4 Å². The van der Waals surface area contributed by atoms with Gasteiger partial charge in [-0.2, -0.15) is 0 Å². The van der Waals surface area contributed by atoms with E-state index in [9.17, 15) is 0 Å². The first-order valence-corrected chi connectivity index (χ1v) is 23.3. The lowest BCUT2D eigenvalue weighted by Crippen LogP contribution is -2.61. The molecule has 310 valence electrons. The second-order valence-corrected chi connectivity index (χ2v) is 24.5. The van der Waals surface area contributed by atoms with Gasteiger partial charge in [-0.05, 0) is 127 Å². The Kier molecular flexibility index (Phi) is 8.95. The largest absolute Gasteiger partial charge is 0.310 e. The van der Waals surface area contributed by atoms with Crippen LogP contribution in [0.5, 0.6) is 0 Å². The van der Waals surface area contributed by atoms with Crippen molar-refractivity contribution in [2.75, 3.05) is 9.80 Å². The van der Waals surface area contributed by atoms with Crippen LogP contribution in [-0.2, 0) is 32.5 Å². The summed E-state index contributed by atoms with van der Waals surface area (Å²) in [5.41, 5.74) is 17.0. The molecule has 0 radical (unpaired) electrons. The molecule has 0 saturated heterocycles. The van der Waals surface area contributed by atoms with E-state index in [1.807, 2.05) is 11.3 Å². The predicted molar refractivity (Wildman–Crippen MR) is 264 cm³/mol. The fourth-order valence-corrected chi connectivity index (χ4v) is 11.9. The lowest BCUT2D eigenvalue weighted by atomic mass is 9.36. The summed E-state index contributed by atoms with van der Waals surface area (Å²) in [6, 6.07) is 33.9. The van der Waals surface area contributed by atoms with Crippen molar-refractivity contribution in [2.45, 2.75) is 156 Å². The Labute approximate surface area is 365 Å². The molecule has 3 nitrogen and oxygen atoms in total. The zero-order chi connectivity index (χ0) is 43.3. The van der Waals surface area contributed by atoms with Crippen LogP contribution in [0.15, 0.2) is 84.9 Å². The summed E-state index contributed by atoms with van der Waals surface area (Å²) >= 11 is 1.98. The van der Waals surface area contributed by atoms with Crippen LogP contribution in [0.1, 0.15) is 157 Å². The van der Waals surface area contributed by atoms with Crippen LogP contribution in [-0.4, -0.2) is 11.7 Å². The molecule has 60 heavy (non-hydrogen) atoms. The number of pyridine rings is 1. The summed E-state index contributed by atoms with van der Waals surface area (Å²) < 4.78 is 2.74. The van der Waals surface area contributed by atoms with Crippen LogP contribution in [0.4, 0.5) is 34.3 Å². The minimum atomic E-state index is -0.193. The molecule has 0 N–H and O–H groups in total. The van der Waals surface area contributed by atoms with Gasteiger partial charge in [0.15, 0.2) is 0 Å². The second-order valence-electron chi connectivity index (χ2n) is 23.4. The van der Waals surface area contributed by atoms with Gasteiger partial charge in [0.05, 0.1) is 11.4 Å². The van der Waals surface area contributed by atoms with Gasteiger partial charge in [0.2, 0.25) is 0 Å². The minimum Gasteiger partial charge on any atom is -0.310 e. The van der Waals surface area contributed by atoms with Crippen molar-refractivity contribution in [1.82, 2.24) is 4.98 Å². The Hall–Kier alpha value is -4.35. The zero-order valence-corrected chi connectivity index (χ0v) is 40.1. The van der Waals surface area contributed by atoms with Crippen LogP contribution in [0.2, 0.25) is 0 Å². The normalized spacial score (nSPS) is 16.8. The number of fused-ring (bicyclic) bond motifs is 7. The van der Waals surface area contributed by atoms with Crippen molar-refractivity contribution in [1.29, 1.82) is 0 Å². The van der Waals surface area contributed by atoms with Crippen molar-refractivity contribution in [3.63, 3.8) is 0 Å². The average molecular weight is 812 g/mol. The molecule has 5 heteroatoms. The highest BCUT2D eigenvalue weighted by Crippen LogP contribution is 2.53. The summed E-state index contributed by atoms with van der Waals surface area (Å²) in [5.74, 6) is 1.06. The molecular weight excluding hydrogens is 746 g/mol. The van der Waals surface area contributed by atoms with Crippen molar-refractivity contribution in [2.24, 2.45) is 0 Å². The van der Waals surface area contributed by atoms with Crippen LogP contribution in [0.3, 0.4) is 0 Å². The quantitative estimate of drug-likeness (QED) is 0.165. The predicted octanol–water partition coefficient (Wildman–Crippen LogP) is 13.9. The van der Waals surface area contributed by atoms with Crippen LogP contribution < -0.4 is 25.5 Å². The van der Waals surface area contributed by atoms with E-state index in [1.165, 1.54) is 82.0 Å². The van der Waals surface area contributed by atoms with E-state index >= 15 is 0 Å². The van der Waals surface area contributed by atoms with E-state index in [-0.39, 0.29) is 39.2 Å². The highest BCUT2D eigenvalue weighted by atomic mass is 32.1. The molecule has 0 saturated carbocycles. The standard InChI is InChI=1S/C55H66BN3S/c1-17-53(11,12)35-21-27-44-38(28-35)47-48(60-44)56-41-26-20-34(51(5,6)7)29-42(41)59(37-24-25-39-40(30-37)55(15,16)32-54(39,13)14)49-46(56)43(31-45(57-49)52(8,9)10)58(47)36-22-18-33(19-23-36)50(2,3)4/h18-31H,17,32H2,1-16H3. The summed E-state index contributed by atoms with van der Waals surface area (Å²) in [6.07, 6.45) is 2.21. The van der Waals surface area contributed by atoms with Gasteiger partial charge in [-0.1, -0.05) is 147 Å². The number of nitrogens with zero attached hydrogens (tertiary/aromatic N) is 3. The summed E-state index contributed by atoms with van der Waals surface area (Å²) in [7, 11) is 0. The molecule has 6 aromatic rings. The number of thiophene rings is 1. The molecule has 4 heterocycles. The molecule has 0 unspecified atom stereocenters. The van der Waals surface area contributed by atoms with Crippen molar-refractivity contribution in [3.8, 4) is 0 Å². The van der Waals surface area contributed by atoms with Gasteiger partial charge < -0.3 is 4.90 Å². The Bertz CT molecular complexity index is 2710. The smallest absolute Gasteiger partial charge is 0.266 e. The maximum atomic E-state index is 5.85. The number of anilines is 6. The Morgan fingerprint density at radius 2 is 1.23 bits per heavy atom. The second kappa shape index (κ2) is 13.1. The molecule has 3 aliphatic rings. The summed E-state index contributed by atoms with van der Waals surface area (Å²) in [5, 5.41) is 1.34. The van der Waals surface area contributed by atoms with Crippen LogP contribution in [0, 0.1) is 0 Å². The third-order valence-electron chi connectivity index (χ3n) is 14.4. The first-order valence-electron chi connectivity index (χ1n) is 22.4. The van der Waals surface area contributed by atoms with Gasteiger partial charge in [-0.3, -0.25) is 4.90 Å². The first-order chi connectivity index (χ1) is 27.8. The third-order valence-corrected chi connectivity index (χ3v) is 15.6. The molecule has 0 spiro atoms. The maximum absolute atomic E-state index is 5.85. The highest BCUT2D eigenvalue weighted by molar-refractivity contribution is 7.33. The van der Waals surface area contributed by atoms with Crippen molar-refractivity contribution in [3.05, 3.63) is 118 Å². The number of hydrogen-bond donors (Lipinski definition) is 0. The zero-order valence-electron chi connectivity index (χ0n) is 39.3. The molecular formula is C55H66BN3S. The van der Waals surface area contributed by atoms with Crippen molar-refractivity contribution >= 4 is 78.1 Å². The summed E-state index contributed by atoms with van der Waals surface area (Å²) in [4.78, 5) is 11.0. The van der Waals surface area contributed by atoms with E-state index in [2.05, 4.69) is 206 Å². The molecule has 9 rings (SSSR count). The molecule has 2 aromatic heterocycles. The molecule has 0 amide bonds. The monoisotopic (exact) mass is 812 g/mol. The van der Waals surface area contributed by atoms with Gasteiger partial charge in [0, 0.05) is 43.0 Å². The Morgan fingerprint density at radius 3 is 1.87 bits per heavy atom. The van der Waals surface area contributed by atoms with Gasteiger partial charge in [0.1, 0.15) is 5.82 Å². The minimum absolute atomic E-state index is 0.0232. The van der Waals surface area contributed by atoms with Gasteiger partial charge >= 0.3 is 0 Å². The van der Waals surface area contributed by atoms with E-state index in [4.69, 9.17) is 4.98 Å². The maximum Gasteiger partial charge on any atom is 0.266 e. The Balaban J connectivity index is 1.42. The molecule has 0 atom stereocenters. The van der Waals surface area contributed by atoms with E-state index in [1.54, 1.807) is 0 Å². The van der Waals surface area contributed by atoms with Crippen LogP contribution >= 0.6 is 11.3 Å². The number of benzene rings is 4. The molecule has 0 fully saturated rings.